The lowest BCUT2D eigenvalue weighted by Gasteiger charge is -2.20. The molecule has 124 valence electrons. The summed E-state index contributed by atoms with van der Waals surface area (Å²) in [6, 6.07) is 12.9. The van der Waals surface area contributed by atoms with E-state index in [1.54, 1.807) is 13.1 Å². The second-order valence-electron chi connectivity index (χ2n) is 5.81. The van der Waals surface area contributed by atoms with Crippen molar-refractivity contribution in [2.45, 2.75) is 12.8 Å². The molecule has 1 atom stereocenters. The standard InChI is InChI=1S/C18H19N3O3/c1-12-6-5-9-16(19-12)20-17(22)10-21(2)18(23)14-11-24-15-8-4-3-7-13(14)15/h3-9,14H,10-11H2,1-2H3,(H,19,20,22). The van der Waals surface area contributed by atoms with E-state index in [1.807, 2.05) is 43.3 Å². The number of aryl methyl sites for hydroxylation is 1. The van der Waals surface area contributed by atoms with Crippen molar-refractivity contribution < 1.29 is 14.3 Å². The Labute approximate surface area is 140 Å². The van der Waals surface area contributed by atoms with Crippen LogP contribution in [0, 0.1) is 6.92 Å². The van der Waals surface area contributed by atoms with Gasteiger partial charge in [-0.2, -0.15) is 0 Å². The Kier molecular flexibility index (Phi) is 4.46. The summed E-state index contributed by atoms with van der Waals surface area (Å²) in [4.78, 5) is 30.4. The lowest BCUT2D eigenvalue weighted by molar-refractivity contribution is -0.134. The molecule has 0 fully saturated rings. The number of benzene rings is 1. The highest BCUT2D eigenvalue weighted by Gasteiger charge is 2.32. The van der Waals surface area contributed by atoms with Crippen LogP contribution in [0.25, 0.3) is 0 Å². The molecule has 0 saturated carbocycles. The maximum atomic E-state index is 12.6. The SMILES string of the molecule is Cc1cccc(NC(=O)CN(C)C(=O)C2COc3ccccc32)n1. The lowest BCUT2D eigenvalue weighted by Crippen LogP contribution is -2.38. The van der Waals surface area contributed by atoms with Gasteiger partial charge < -0.3 is 15.0 Å². The van der Waals surface area contributed by atoms with Crippen LogP contribution in [-0.2, 0) is 9.59 Å². The first-order chi connectivity index (χ1) is 11.5. The number of rotatable bonds is 4. The number of anilines is 1. The molecule has 24 heavy (non-hydrogen) atoms. The molecule has 1 aliphatic heterocycles. The number of nitrogens with zero attached hydrogens (tertiary/aromatic N) is 2. The van der Waals surface area contributed by atoms with Crippen molar-refractivity contribution in [1.82, 2.24) is 9.88 Å². The highest BCUT2D eigenvalue weighted by molar-refractivity contribution is 5.95. The maximum absolute atomic E-state index is 12.6. The molecule has 6 nitrogen and oxygen atoms in total. The highest BCUT2D eigenvalue weighted by atomic mass is 16.5. The average molecular weight is 325 g/mol. The Morgan fingerprint density at radius 1 is 1.25 bits per heavy atom. The number of fused-ring (bicyclic) bond motifs is 1. The fraction of sp³-hybridized carbons (Fsp3) is 0.278. The van der Waals surface area contributed by atoms with Crippen molar-refractivity contribution in [2.24, 2.45) is 0 Å². The van der Waals surface area contributed by atoms with Crippen LogP contribution in [0.15, 0.2) is 42.5 Å². The maximum Gasteiger partial charge on any atom is 0.245 e. The molecule has 0 spiro atoms. The number of carbonyl (C=O) groups is 2. The first kappa shape index (κ1) is 16.0. The lowest BCUT2D eigenvalue weighted by atomic mass is 10.00. The van der Waals surface area contributed by atoms with Crippen molar-refractivity contribution >= 4 is 17.6 Å². The van der Waals surface area contributed by atoms with Gasteiger partial charge in [-0.3, -0.25) is 9.59 Å². The Morgan fingerprint density at radius 3 is 2.83 bits per heavy atom. The molecule has 1 aromatic carbocycles. The van der Waals surface area contributed by atoms with Gasteiger partial charge in [0.05, 0.1) is 6.54 Å². The molecule has 3 rings (SSSR count). The first-order valence-corrected chi connectivity index (χ1v) is 7.75. The summed E-state index contributed by atoms with van der Waals surface area (Å²) in [6.07, 6.45) is 0. The van der Waals surface area contributed by atoms with E-state index >= 15 is 0 Å². The predicted octanol–water partition coefficient (Wildman–Crippen LogP) is 1.96. The third-order valence-corrected chi connectivity index (χ3v) is 3.91. The van der Waals surface area contributed by atoms with Crippen LogP contribution < -0.4 is 10.1 Å². The number of hydrogen-bond donors (Lipinski definition) is 1. The number of ether oxygens (including phenoxy) is 1. The Balaban J connectivity index is 1.61. The number of para-hydroxylation sites is 1. The summed E-state index contributed by atoms with van der Waals surface area (Å²) < 4.78 is 5.54. The molecular formula is C18H19N3O3. The fourth-order valence-electron chi connectivity index (χ4n) is 2.72. The fourth-order valence-corrected chi connectivity index (χ4v) is 2.72. The van der Waals surface area contributed by atoms with Crippen LogP contribution in [0.1, 0.15) is 17.2 Å². The van der Waals surface area contributed by atoms with Crippen molar-refractivity contribution in [3.05, 3.63) is 53.7 Å². The second-order valence-corrected chi connectivity index (χ2v) is 5.81. The summed E-state index contributed by atoms with van der Waals surface area (Å²) >= 11 is 0. The van der Waals surface area contributed by atoms with Crippen molar-refractivity contribution in [1.29, 1.82) is 0 Å². The second kappa shape index (κ2) is 6.70. The molecule has 2 heterocycles. The quantitative estimate of drug-likeness (QED) is 0.933. The van der Waals surface area contributed by atoms with Gasteiger partial charge in [-0.1, -0.05) is 24.3 Å². The molecule has 1 aliphatic rings. The zero-order valence-corrected chi connectivity index (χ0v) is 13.7. The van der Waals surface area contributed by atoms with Gasteiger partial charge in [-0.05, 0) is 25.1 Å². The van der Waals surface area contributed by atoms with Crippen molar-refractivity contribution in [3.63, 3.8) is 0 Å². The summed E-state index contributed by atoms with van der Waals surface area (Å²) in [5.74, 6) is 0.438. The van der Waals surface area contributed by atoms with E-state index in [4.69, 9.17) is 4.74 Å². The number of amides is 2. The van der Waals surface area contributed by atoms with Gasteiger partial charge in [-0.15, -0.1) is 0 Å². The van der Waals surface area contributed by atoms with Gasteiger partial charge >= 0.3 is 0 Å². The molecule has 0 bridgehead atoms. The summed E-state index contributed by atoms with van der Waals surface area (Å²) in [7, 11) is 1.62. The minimum Gasteiger partial charge on any atom is -0.492 e. The average Bonchev–Trinajstić information content (AvgIpc) is 2.98. The number of carbonyl (C=O) groups excluding carboxylic acids is 2. The number of likely N-dealkylation sites (N-methyl/N-ethyl adjacent to an activating group) is 1. The zero-order chi connectivity index (χ0) is 17.1. The molecule has 1 N–H and O–H groups in total. The van der Waals surface area contributed by atoms with Crippen LogP contribution in [0.3, 0.4) is 0 Å². The van der Waals surface area contributed by atoms with E-state index in [9.17, 15) is 9.59 Å². The van der Waals surface area contributed by atoms with Gasteiger partial charge in [0.2, 0.25) is 11.8 Å². The molecule has 0 saturated heterocycles. The molecule has 1 aromatic heterocycles. The zero-order valence-electron chi connectivity index (χ0n) is 13.7. The monoisotopic (exact) mass is 325 g/mol. The molecule has 2 aromatic rings. The van der Waals surface area contributed by atoms with E-state index in [-0.39, 0.29) is 24.3 Å². The molecule has 0 aliphatic carbocycles. The van der Waals surface area contributed by atoms with Gasteiger partial charge in [-0.25, -0.2) is 4.98 Å². The summed E-state index contributed by atoms with van der Waals surface area (Å²) in [5, 5.41) is 2.70. The van der Waals surface area contributed by atoms with Crippen LogP contribution in [-0.4, -0.2) is 41.9 Å². The normalized spacial score (nSPS) is 15.3. The number of pyridine rings is 1. The topological polar surface area (TPSA) is 71.5 Å². The Bertz CT molecular complexity index is 776. The molecule has 1 unspecified atom stereocenters. The predicted molar refractivity (Wildman–Crippen MR) is 89.9 cm³/mol. The van der Waals surface area contributed by atoms with Crippen molar-refractivity contribution in [2.75, 3.05) is 25.5 Å². The van der Waals surface area contributed by atoms with Crippen LogP contribution in [0.2, 0.25) is 0 Å². The molecule has 0 radical (unpaired) electrons. The molecule has 2 amide bonds. The Hall–Kier alpha value is -2.89. The largest absolute Gasteiger partial charge is 0.492 e. The molecule has 6 heteroatoms. The van der Waals surface area contributed by atoms with E-state index < -0.39 is 0 Å². The van der Waals surface area contributed by atoms with Gasteiger partial charge in [0.15, 0.2) is 0 Å². The minimum atomic E-state index is -0.365. The first-order valence-electron chi connectivity index (χ1n) is 7.75. The van der Waals surface area contributed by atoms with E-state index in [1.165, 1.54) is 4.90 Å². The summed E-state index contributed by atoms with van der Waals surface area (Å²) in [6.45, 7) is 2.12. The van der Waals surface area contributed by atoms with Crippen LogP contribution in [0.5, 0.6) is 5.75 Å². The third-order valence-electron chi connectivity index (χ3n) is 3.91. The van der Waals surface area contributed by atoms with E-state index in [0.717, 1.165) is 17.0 Å². The van der Waals surface area contributed by atoms with Gasteiger partial charge in [0.1, 0.15) is 24.1 Å². The van der Waals surface area contributed by atoms with Crippen LogP contribution in [0.4, 0.5) is 5.82 Å². The van der Waals surface area contributed by atoms with E-state index in [2.05, 4.69) is 10.3 Å². The van der Waals surface area contributed by atoms with Crippen LogP contribution >= 0.6 is 0 Å². The Morgan fingerprint density at radius 2 is 2.04 bits per heavy atom. The molecular weight excluding hydrogens is 306 g/mol. The number of aromatic nitrogens is 1. The highest BCUT2D eigenvalue weighted by Crippen LogP contribution is 2.34. The smallest absolute Gasteiger partial charge is 0.245 e. The number of hydrogen-bond acceptors (Lipinski definition) is 4. The minimum absolute atomic E-state index is 0.0346. The third kappa shape index (κ3) is 3.37. The summed E-state index contributed by atoms with van der Waals surface area (Å²) in [5.41, 5.74) is 1.69. The van der Waals surface area contributed by atoms with Gasteiger partial charge in [0, 0.05) is 18.3 Å². The van der Waals surface area contributed by atoms with Crippen molar-refractivity contribution in [3.8, 4) is 5.75 Å². The van der Waals surface area contributed by atoms with Gasteiger partial charge in [0.25, 0.3) is 0 Å². The number of nitrogens with one attached hydrogen (secondary N) is 1. The van der Waals surface area contributed by atoms with E-state index in [0.29, 0.717) is 12.4 Å².